The SMILES string of the molecule is CCc1ccc([C@H](C)NCC(=O)Nc2cc(NC(C)=O)ccc2OC)cc1. The molecule has 0 aliphatic carbocycles. The average Bonchev–Trinajstić information content (AvgIpc) is 2.66. The van der Waals surface area contributed by atoms with Crippen molar-refractivity contribution in [3.63, 3.8) is 0 Å². The zero-order chi connectivity index (χ0) is 19.8. The van der Waals surface area contributed by atoms with Gasteiger partial charge in [0.05, 0.1) is 19.3 Å². The average molecular weight is 369 g/mol. The van der Waals surface area contributed by atoms with Gasteiger partial charge in [-0.2, -0.15) is 0 Å². The van der Waals surface area contributed by atoms with Crippen LogP contribution in [0.25, 0.3) is 0 Å². The lowest BCUT2D eigenvalue weighted by Gasteiger charge is -2.16. The molecule has 6 heteroatoms. The number of nitrogens with one attached hydrogen (secondary N) is 3. The van der Waals surface area contributed by atoms with Crippen LogP contribution in [0.1, 0.15) is 37.9 Å². The molecule has 0 spiro atoms. The van der Waals surface area contributed by atoms with Crippen LogP contribution in [0, 0.1) is 0 Å². The van der Waals surface area contributed by atoms with Gasteiger partial charge in [0, 0.05) is 18.7 Å². The van der Waals surface area contributed by atoms with Crippen molar-refractivity contribution in [1.82, 2.24) is 5.32 Å². The second-order valence-corrected chi connectivity index (χ2v) is 6.34. The van der Waals surface area contributed by atoms with Crippen LogP contribution in [0.4, 0.5) is 11.4 Å². The van der Waals surface area contributed by atoms with E-state index in [0.29, 0.717) is 17.1 Å². The smallest absolute Gasteiger partial charge is 0.238 e. The highest BCUT2D eigenvalue weighted by Crippen LogP contribution is 2.27. The third-order valence-corrected chi connectivity index (χ3v) is 4.25. The molecule has 2 aromatic rings. The van der Waals surface area contributed by atoms with E-state index in [1.165, 1.54) is 19.6 Å². The standard InChI is InChI=1S/C21H27N3O3/c1-5-16-6-8-17(9-7-16)14(2)22-13-21(26)24-19-12-18(23-15(3)25)10-11-20(19)27-4/h6-12,14,22H,5,13H2,1-4H3,(H,23,25)(H,24,26)/t14-/m0/s1. The summed E-state index contributed by atoms with van der Waals surface area (Å²) in [5.41, 5.74) is 3.52. The number of hydrogen-bond donors (Lipinski definition) is 3. The van der Waals surface area contributed by atoms with Crippen LogP contribution < -0.4 is 20.7 Å². The van der Waals surface area contributed by atoms with Gasteiger partial charge in [-0.3, -0.25) is 9.59 Å². The van der Waals surface area contributed by atoms with E-state index < -0.39 is 0 Å². The van der Waals surface area contributed by atoms with E-state index in [1.807, 2.05) is 6.92 Å². The predicted molar refractivity (Wildman–Crippen MR) is 108 cm³/mol. The van der Waals surface area contributed by atoms with Crippen LogP contribution in [0.5, 0.6) is 5.75 Å². The van der Waals surface area contributed by atoms with Crippen LogP contribution >= 0.6 is 0 Å². The number of amides is 2. The Hall–Kier alpha value is -2.86. The molecule has 0 fully saturated rings. The maximum Gasteiger partial charge on any atom is 0.238 e. The van der Waals surface area contributed by atoms with Crippen molar-refractivity contribution in [2.75, 3.05) is 24.3 Å². The lowest BCUT2D eigenvalue weighted by molar-refractivity contribution is -0.115. The first-order chi connectivity index (χ1) is 12.9. The molecule has 0 bridgehead atoms. The maximum absolute atomic E-state index is 12.3. The Morgan fingerprint density at radius 2 is 1.78 bits per heavy atom. The van der Waals surface area contributed by atoms with E-state index in [2.05, 4.69) is 47.1 Å². The molecule has 0 aliphatic heterocycles. The third-order valence-electron chi connectivity index (χ3n) is 4.25. The van der Waals surface area contributed by atoms with Crippen molar-refractivity contribution < 1.29 is 14.3 Å². The minimum atomic E-state index is -0.190. The van der Waals surface area contributed by atoms with Crippen molar-refractivity contribution in [1.29, 1.82) is 0 Å². The minimum Gasteiger partial charge on any atom is -0.495 e. The fourth-order valence-corrected chi connectivity index (χ4v) is 2.69. The second-order valence-electron chi connectivity index (χ2n) is 6.34. The highest BCUT2D eigenvalue weighted by molar-refractivity contribution is 5.95. The number of rotatable bonds is 8. The van der Waals surface area contributed by atoms with Gasteiger partial charge in [0.1, 0.15) is 5.75 Å². The van der Waals surface area contributed by atoms with Crippen molar-refractivity contribution >= 4 is 23.2 Å². The van der Waals surface area contributed by atoms with E-state index in [9.17, 15) is 9.59 Å². The van der Waals surface area contributed by atoms with Crippen LogP contribution in [-0.2, 0) is 16.0 Å². The monoisotopic (exact) mass is 369 g/mol. The summed E-state index contributed by atoms with van der Waals surface area (Å²) in [6.07, 6.45) is 1.00. The number of ether oxygens (including phenoxy) is 1. The Labute approximate surface area is 160 Å². The Morgan fingerprint density at radius 3 is 2.37 bits per heavy atom. The Balaban J connectivity index is 1.96. The van der Waals surface area contributed by atoms with Gasteiger partial charge < -0.3 is 20.7 Å². The summed E-state index contributed by atoms with van der Waals surface area (Å²) in [6.45, 7) is 5.73. The number of hydrogen-bond acceptors (Lipinski definition) is 4. The fourth-order valence-electron chi connectivity index (χ4n) is 2.69. The molecule has 2 aromatic carbocycles. The lowest BCUT2D eigenvalue weighted by atomic mass is 10.1. The molecule has 2 amide bonds. The Morgan fingerprint density at radius 1 is 1.07 bits per heavy atom. The number of benzene rings is 2. The summed E-state index contributed by atoms with van der Waals surface area (Å²) in [7, 11) is 1.53. The van der Waals surface area contributed by atoms with E-state index >= 15 is 0 Å². The largest absolute Gasteiger partial charge is 0.495 e. The van der Waals surface area contributed by atoms with Gasteiger partial charge in [-0.1, -0.05) is 31.2 Å². The molecule has 0 unspecified atom stereocenters. The Bertz CT molecular complexity index is 788. The van der Waals surface area contributed by atoms with Gasteiger partial charge in [-0.15, -0.1) is 0 Å². The number of anilines is 2. The van der Waals surface area contributed by atoms with E-state index in [-0.39, 0.29) is 24.4 Å². The molecule has 0 saturated heterocycles. The summed E-state index contributed by atoms with van der Waals surface area (Å²) in [6, 6.07) is 13.5. The van der Waals surface area contributed by atoms with Crippen LogP contribution in [-0.4, -0.2) is 25.5 Å². The third kappa shape index (κ3) is 6.11. The van der Waals surface area contributed by atoms with Crippen molar-refractivity contribution in [2.24, 2.45) is 0 Å². The molecule has 0 radical (unpaired) electrons. The second kappa shape index (κ2) is 9.73. The summed E-state index contributed by atoms with van der Waals surface area (Å²) in [5.74, 6) is 0.160. The number of carbonyl (C=O) groups excluding carboxylic acids is 2. The molecule has 0 heterocycles. The van der Waals surface area contributed by atoms with Gasteiger partial charge in [0.2, 0.25) is 11.8 Å². The van der Waals surface area contributed by atoms with E-state index in [1.54, 1.807) is 18.2 Å². The van der Waals surface area contributed by atoms with Gasteiger partial charge in [0.15, 0.2) is 0 Å². The molecule has 144 valence electrons. The summed E-state index contributed by atoms with van der Waals surface area (Å²) >= 11 is 0. The molecular weight excluding hydrogens is 342 g/mol. The zero-order valence-electron chi connectivity index (χ0n) is 16.3. The minimum absolute atomic E-state index is 0.0502. The fraction of sp³-hybridized carbons (Fsp3) is 0.333. The zero-order valence-corrected chi connectivity index (χ0v) is 16.3. The molecule has 2 rings (SSSR count). The molecule has 0 aliphatic rings. The molecule has 3 N–H and O–H groups in total. The number of carbonyl (C=O) groups is 2. The number of methoxy groups -OCH3 is 1. The van der Waals surface area contributed by atoms with Gasteiger partial charge in [-0.05, 0) is 42.7 Å². The Kier molecular flexibility index (Phi) is 7.37. The first-order valence-corrected chi connectivity index (χ1v) is 9.00. The molecule has 0 saturated carbocycles. The van der Waals surface area contributed by atoms with Crippen LogP contribution in [0.2, 0.25) is 0 Å². The van der Waals surface area contributed by atoms with E-state index in [4.69, 9.17) is 4.74 Å². The first-order valence-electron chi connectivity index (χ1n) is 9.00. The van der Waals surface area contributed by atoms with Crippen molar-refractivity contribution in [2.45, 2.75) is 33.2 Å². The lowest BCUT2D eigenvalue weighted by Crippen LogP contribution is -2.30. The first kappa shape index (κ1) is 20.5. The topological polar surface area (TPSA) is 79.5 Å². The normalized spacial score (nSPS) is 11.6. The van der Waals surface area contributed by atoms with Crippen LogP contribution in [0.3, 0.4) is 0 Å². The molecule has 27 heavy (non-hydrogen) atoms. The molecular formula is C21H27N3O3. The summed E-state index contributed by atoms with van der Waals surface area (Å²) in [5, 5.41) is 8.73. The van der Waals surface area contributed by atoms with E-state index in [0.717, 1.165) is 12.0 Å². The molecule has 6 nitrogen and oxygen atoms in total. The van der Waals surface area contributed by atoms with Gasteiger partial charge in [0.25, 0.3) is 0 Å². The van der Waals surface area contributed by atoms with Crippen molar-refractivity contribution in [3.05, 3.63) is 53.6 Å². The number of aryl methyl sites for hydroxylation is 1. The molecule has 0 aromatic heterocycles. The highest BCUT2D eigenvalue weighted by atomic mass is 16.5. The summed E-state index contributed by atoms with van der Waals surface area (Å²) < 4.78 is 5.28. The predicted octanol–water partition coefficient (Wildman–Crippen LogP) is 3.51. The van der Waals surface area contributed by atoms with Gasteiger partial charge >= 0.3 is 0 Å². The van der Waals surface area contributed by atoms with Crippen LogP contribution in [0.15, 0.2) is 42.5 Å². The highest BCUT2D eigenvalue weighted by Gasteiger charge is 2.11. The maximum atomic E-state index is 12.3. The summed E-state index contributed by atoms with van der Waals surface area (Å²) in [4.78, 5) is 23.5. The van der Waals surface area contributed by atoms with Gasteiger partial charge in [-0.25, -0.2) is 0 Å². The van der Waals surface area contributed by atoms with Crippen molar-refractivity contribution in [3.8, 4) is 5.75 Å². The molecule has 1 atom stereocenters. The quantitative estimate of drug-likeness (QED) is 0.665.